The van der Waals surface area contributed by atoms with Gasteiger partial charge >= 0.3 is 6.18 Å². The van der Waals surface area contributed by atoms with Crippen molar-refractivity contribution in [2.24, 2.45) is 0 Å². The highest BCUT2D eigenvalue weighted by molar-refractivity contribution is 9.10. The van der Waals surface area contributed by atoms with E-state index in [9.17, 15) is 13.2 Å². The molecule has 0 spiro atoms. The van der Waals surface area contributed by atoms with Gasteiger partial charge in [0.05, 0.1) is 17.6 Å². The van der Waals surface area contributed by atoms with E-state index in [0.29, 0.717) is 22.6 Å². The molecule has 1 aliphatic heterocycles. The zero-order valence-corrected chi connectivity index (χ0v) is 19.9. The van der Waals surface area contributed by atoms with Gasteiger partial charge in [0.1, 0.15) is 24.2 Å². The number of rotatable bonds is 6. The van der Waals surface area contributed by atoms with Crippen molar-refractivity contribution in [3.8, 4) is 11.1 Å². The lowest BCUT2D eigenvalue weighted by atomic mass is 10.00. The van der Waals surface area contributed by atoms with Crippen LogP contribution in [0.4, 0.5) is 30.6 Å². The first-order valence-electron chi connectivity index (χ1n) is 10.9. The zero-order chi connectivity index (χ0) is 25.0. The maximum Gasteiger partial charge on any atom is 0.401 e. The Kier molecular flexibility index (Phi) is 5.35. The van der Waals surface area contributed by atoms with Gasteiger partial charge in [-0.1, -0.05) is 28.1 Å². The molecule has 2 atom stereocenters. The van der Waals surface area contributed by atoms with Crippen LogP contribution in [-0.4, -0.2) is 43.5 Å². The molecule has 1 aliphatic rings. The Bertz CT molecular complexity index is 1580. The topological polar surface area (TPSA) is 121 Å². The molecule has 0 amide bonds. The van der Waals surface area contributed by atoms with Gasteiger partial charge in [0.15, 0.2) is 5.82 Å². The second kappa shape index (κ2) is 8.47. The minimum atomic E-state index is -4.33. The Hall–Kier alpha value is -3.68. The quantitative estimate of drug-likeness (QED) is 0.218. The SMILES string of the molecule is Nc1ncnn2cc(C3OC3NCC(F)(F)F)c(-c3ccc(Nc4nc5ccc(Br)cc5[nH]4)cc3)c12. The summed E-state index contributed by atoms with van der Waals surface area (Å²) in [5.41, 5.74) is 11.4. The van der Waals surface area contributed by atoms with Crippen LogP contribution >= 0.6 is 15.9 Å². The summed E-state index contributed by atoms with van der Waals surface area (Å²) in [6.07, 6.45) is -2.63. The standard InChI is InChI=1S/C23H18BrF3N8O/c24-12-3-6-15-16(7-12)34-22(33-15)32-13-4-1-11(2-5-13)17-14(8-35-18(17)20(28)30-10-31-35)19-21(36-19)29-9-23(25,26)27/h1-8,10,19,21,29H,9H2,(H2,28,30,31)(H2,32,33,34). The summed E-state index contributed by atoms with van der Waals surface area (Å²) in [5, 5.41) is 9.84. The molecule has 9 nitrogen and oxygen atoms in total. The molecule has 6 rings (SSSR count). The monoisotopic (exact) mass is 558 g/mol. The van der Waals surface area contributed by atoms with Gasteiger partial charge in [-0.2, -0.15) is 18.3 Å². The van der Waals surface area contributed by atoms with Gasteiger partial charge in [0.25, 0.3) is 0 Å². The number of aromatic nitrogens is 5. The van der Waals surface area contributed by atoms with E-state index in [1.54, 1.807) is 10.7 Å². The van der Waals surface area contributed by atoms with Crippen LogP contribution in [0.25, 0.3) is 27.7 Å². The predicted molar refractivity (Wildman–Crippen MR) is 132 cm³/mol. The number of H-pyrrole nitrogens is 1. The van der Waals surface area contributed by atoms with Crippen LogP contribution in [0.3, 0.4) is 0 Å². The number of nitrogen functional groups attached to an aromatic ring is 1. The predicted octanol–water partition coefficient (Wildman–Crippen LogP) is 4.91. The molecule has 184 valence electrons. The molecule has 13 heteroatoms. The van der Waals surface area contributed by atoms with Crippen molar-refractivity contribution in [3.05, 3.63) is 65.0 Å². The van der Waals surface area contributed by atoms with Gasteiger partial charge in [-0.25, -0.2) is 14.5 Å². The van der Waals surface area contributed by atoms with Crippen LogP contribution < -0.4 is 16.4 Å². The molecule has 36 heavy (non-hydrogen) atoms. The van der Waals surface area contributed by atoms with Crippen molar-refractivity contribution in [3.63, 3.8) is 0 Å². The molecule has 1 saturated heterocycles. The minimum absolute atomic E-state index is 0.252. The average Bonchev–Trinajstić information content (AvgIpc) is 3.33. The summed E-state index contributed by atoms with van der Waals surface area (Å²) in [5.74, 6) is 0.843. The van der Waals surface area contributed by atoms with Gasteiger partial charge in [-0.05, 0) is 35.9 Å². The van der Waals surface area contributed by atoms with Crippen molar-refractivity contribution < 1.29 is 17.9 Å². The summed E-state index contributed by atoms with van der Waals surface area (Å²) >= 11 is 3.45. The Morgan fingerprint density at radius 1 is 1.17 bits per heavy atom. The van der Waals surface area contributed by atoms with E-state index in [0.717, 1.165) is 26.8 Å². The second-order valence-electron chi connectivity index (χ2n) is 8.32. The molecular formula is C23H18BrF3N8O. The van der Waals surface area contributed by atoms with E-state index in [2.05, 4.69) is 46.6 Å². The molecule has 0 bridgehead atoms. The molecule has 1 fully saturated rings. The minimum Gasteiger partial charge on any atom is -0.382 e. The number of anilines is 3. The van der Waals surface area contributed by atoms with E-state index >= 15 is 0 Å². The first-order valence-corrected chi connectivity index (χ1v) is 11.6. The number of fused-ring (bicyclic) bond motifs is 2. The molecule has 3 aromatic heterocycles. The van der Waals surface area contributed by atoms with Crippen LogP contribution in [0.2, 0.25) is 0 Å². The summed E-state index contributed by atoms with van der Waals surface area (Å²) < 4.78 is 46.0. The number of hydrogen-bond acceptors (Lipinski definition) is 7. The molecule has 0 saturated carbocycles. The van der Waals surface area contributed by atoms with Crippen molar-refractivity contribution in [1.29, 1.82) is 0 Å². The van der Waals surface area contributed by atoms with Crippen molar-refractivity contribution in [2.45, 2.75) is 18.5 Å². The van der Waals surface area contributed by atoms with Crippen LogP contribution in [-0.2, 0) is 4.74 Å². The summed E-state index contributed by atoms with van der Waals surface area (Å²) in [6.45, 7) is -1.14. The molecule has 0 aliphatic carbocycles. The highest BCUT2D eigenvalue weighted by Crippen LogP contribution is 2.45. The summed E-state index contributed by atoms with van der Waals surface area (Å²) in [6, 6.07) is 13.3. The maximum atomic E-state index is 12.6. The van der Waals surface area contributed by atoms with Gasteiger partial charge in [0, 0.05) is 27.5 Å². The Balaban J connectivity index is 1.30. The fraction of sp³-hybridized carbons (Fsp3) is 0.174. The van der Waals surface area contributed by atoms with E-state index in [1.807, 2.05) is 42.5 Å². The number of aromatic amines is 1. The molecule has 0 radical (unpaired) electrons. The van der Waals surface area contributed by atoms with Gasteiger partial charge in [0.2, 0.25) is 5.95 Å². The van der Waals surface area contributed by atoms with Crippen molar-refractivity contribution >= 4 is 49.9 Å². The Labute approximate surface area is 210 Å². The number of alkyl halides is 3. The van der Waals surface area contributed by atoms with E-state index in [-0.39, 0.29) is 5.82 Å². The number of ether oxygens (including phenoxy) is 1. The number of hydrogen-bond donors (Lipinski definition) is 4. The number of imidazole rings is 1. The molecule has 2 aromatic carbocycles. The zero-order valence-electron chi connectivity index (χ0n) is 18.3. The molecule has 4 heterocycles. The first-order chi connectivity index (χ1) is 17.2. The van der Waals surface area contributed by atoms with Crippen LogP contribution in [0.15, 0.2) is 59.5 Å². The third-order valence-corrected chi connectivity index (χ3v) is 6.31. The number of nitrogens with two attached hydrogens (primary N) is 1. The van der Waals surface area contributed by atoms with Crippen LogP contribution in [0.5, 0.6) is 0 Å². The lowest BCUT2D eigenvalue weighted by Gasteiger charge is -2.08. The van der Waals surface area contributed by atoms with Crippen LogP contribution in [0.1, 0.15) is 11.7 Å². The van der Waals surface area contributed by atoms with E-state index < -0.39 is 25.1 Å². The lowest BCUT2D eigenvalue weighted by molar-refractivity contribution is -0.126. The normalized spacial score (nSPS) is 17.7. The van der Waals surface area contributed by atoms with E-state index in [4.69, 9.17) is 10.5 Å². The molecular weight excluding hydrogens is 541 g/mol. The van der Waals surface area contributed by atoms with Gasteiger partial charge in [-0.15, -0.1) is 0 Å². The number of nitrogens with zero attached hydrogens (tertiary/aromatic N) is 4. The largest absolute Gasteiger partial charge is 0.401 e. The molecule has 2 unspecified atom stereocenters. The highest BCUT2D eigenvalue weighted by atomic mass is 79.9. The lowest BCUT2D eigenvalue weighted by Crippen LogP contribution is -2.31. The van der Waals surface area contributed by atoms with Gasteiger partial charge in [-0.3, -0.25) is 5.32 Å². The summed E-state index contributed by atoms with van der Waals surface area (Å²) in [7, 11) is 0. The number of epoxide rings is 1. The smallest absolute Gasteiger partial charge is 0.382 e. The summed E-state index contributed by atoms with van der Waals surface area (Å²) in [4.78, 5) is 11.8. The second-order valence-corrected chi connectivity index (χ2v) is 9.24. The highest BCUT2D eigenvalue weighted by Gasteiger charge is 2.45. The van der Waals surface area contributed by atoms with Gasteiger partial charge < -0.3 is 20.8 Å². The molecule has 5 aromatic rings. The average molecular weight is 559 g/mol. The first kappa shape index (κ1) is 22.8. The molecule has 5 N–H and O–H groups in total. The third-order valence-electron chi connectivity index (χ3n) is 5.81. The van der Waals surface area contributed by atoms with Crippen molar-refractivity contribution in [2.75, 3.05) is 17.6 Å². The number of benzene rings is 2. The fourth-order valence-electron chi connectivity index (χ4n) is 4.19. The maximum absolute atomic E-state index is 12.6. The number of halogens is 4. The Morgan fingerprint density at radius 2 is 1.97 bits per heavy atom. The third kappa shape index (κ3) is 4.36. The number of nitrogens with one attached hydrogen (secondary N) is 3. The fourth-order valence-corrected chi connectivity index (χ4v) is 4.55. The van der Waals surface area contributed by atoms with Crippen molar-refractivity contribution in [1.82, 2.24) is 29.9 Å². The van der Waals surface area contributed by atoms with E-state index in [1.165, 1.54) is 6.33 Å². The van der Waals surface area contributed by atoms with Crippen LogP contribution in [0, 0.1) is 0 Å². The Morgan fingerprint density at radius 3 is 2.75 bits per heavy atom.